The second-order valence-electron chi connectivity index (χ2n) is 6.62. The van der Waals surface area contributed by atoms with E-state index in [1.54, 1.807) is 0 Å². The number of carbonyl (C=O) groups excluding carboxylic acids is 2. The molecule has 0 saturated heterocycles. The van der Waals surface area contributed by atoms with E-state index in [2.05, 4.69) is 13.8 Å². The SMILES string of the molecule is CCC[C@H]1C2=C(CCC3=C(C[C@H]1CC)C(=O)OC3)C(O)OC2=O. The first kappa shape index (κ1) is 16.2. The number of rotatable bonds is 3. The molecule has 2 aliphatic heterocycles. The Morgan fingerprint density at radius 2 is 1.96 bits per heavy atom. The van der Waals surface area contributed by atoms with E-state index in [1.165, 1.54) is 0 Å². The summed E-state index contributed by atoms with van der Waals surface area (Å²) in [5, 5.41) is 10.1. The number of aliphatic hydroxyl groups is 1. The van der Waals surface area contributed by atoms with E-state index in [0.29, 0.717) is 37.0 Å². The lowest BCUT2D eigenvalue weighted by atomic mass is 9.76. The van der Waals surface area contributed by atoms with Crippen LogP contribution in [0.5, 0.6) is 0 Å². The van der Waals surface area contributed by atoms with E-state index in [1.807, 2.05) is 0 Å². The molecule has 0 aromatic heterocycles. The van der Waals surface area contributed by atoms with Crippen LogP contribution in [0.2, 0.25) is 0 Å². The van der Waals surface area contributed by atoms with E-state index >= 15 is 0 Å². The molecular formula is C18H24O5. The van der Waals surface area contributed by atoms with E-state index in [0.717, 1.165) is 30.4 Å². The first-order valence-corrected chi connectivity index (χ1v) is 8.56. The second kappa shape index (κ2) is 6.48. The molecule has 23 heavy (non-hydrogen) atoms. The maximum Gasteiger partial charge on any atom is 0.337 e. The van der Waals surface area contributed by atoms with Gasteiger partial charge in [-0.25, -0.2) is 9.59 Å². The Balaban J connectivity index is 2.04. The largest absolute Gasteiger partial charge is 0.458 e. The fraction of sp³-hybridized carbons (Fsp3) is 0.667. The molecule has 0 fully saturated rings. The number of ether oxygens (including phenoxy) is 2. The lowest BCUT2D eigenvalue weighted by Gasteiger charge is -2.26. The van der Waals surface area contributed by atoms with Gasteiger partial charge < -0.3 is 14.6 Å². The zero-order chi connectivity index (χ0) is 16.6. The molecule has 0 spiro atoms. The first-order chi connectivity index (χ1) is 11.1. The molecule has 0 bridgehead atoms. The molecule has 3 atom stereocenters. The molecule has 0 saturated carbocycles. The fourth-order valence-corrected chi connectivity index (χ4v) is 4.12. The van der Waals surface area contributed by atoms with Crippen LogP contribution in [-0.4, -0.2) is 29.9 Å². The Kier molecular flexibility index (Phi) is 4.57. The van der Waals surface area contributed by atoms with Crippen molar-refractivity contribution in [2.75, 3.05) is 6.61 Å². The van der Waals surface area contributed by atoms with Crippen molar-refractivity contribution in [2.24, 2.45) is 11.8 Å². The summed E-state index contributed by atoms with van der Waals surface area (Å²) in [6, 6.07) is 0. The van der Waals surface area contributed by atoms with Crippen LogP contribution >= 0.6 is 0 Å². The minimum Gasteiger partial charge on any atom is -0.458 e. The van der Waals surface area contributed by atoms with E-state index < -0.39 is 6.29 Å². The number of cyclic esters (lactones) is 2. The van der Waals surface area contributed by atoms with Crippen molar-refractivity contribution in [1.82, 2.24) is 0 Å². The Morgan fingerprint density at radius 1 is 1.17 bits per heavy atom. The van der Waals surface area contributed by atoms with Gasteiger partial charge in [0.15, 0.2) is 0 Å². The van der Waals surface area contributed by atoms with Crippen LogP contribution in [0.15, 0.2) is 22.3 Å². The quantitative estimate of drug-likeness (QED) is 0.809. The molecule has 0 aromatic carbocycles. The van der Waals surface area contributed by atoms with Gasteiger partial charge in [-0.3, -0.25) is 0 Å². The van der Waals surface area contributed by atoms with Crippen molar-refractivity contribution in [3.8, 4) is 0 Å². The summed E-state index contributed by atoms with van der Waals surface area (Å²) in [6.45, 7) is 4.52. The molecule has 3 aliphatic rings. The molecule has 2 heterocycles. The lowest BCUT2D eigenvalue weighted by molar-refractivity contribution is -0.152. The minimum atomic E-state index is -1.13. The summed E-state index contributed by atoms with van der Waals surface area (Å²) < 4.78 is 10.3. The average molecular weight is 320 g/mol. The van der Waals surface area contributed by atoms with Crippen molar-refractivity contribution >= 4 is 11.9 Å². The Bertz CT molecular complexity index is 586. The summed E-state index contributed by atoms with van der Waals surface area (Å²) >= 11 is 0. The molecular weight excluding hydrogens is 296 g/mol. The van der Waals surface area contributed by atoms with Crippen molar-refractivity contribution in [1.29, 1.82) is 0 Å². The summed E-state index contributed by atoms with van der Waals surface area (Å²) in [7, 11) is 0. The number of esters is 2. The van der Waals surface area contributed by atoms with Gasteiger partial charge >= 0.3 is 11.9 Å². The third kappa shape index (κ3) is 2.82. The van der Waals surface area contributed by atoms with Crippen LogP contribution < -0.4 is 0 Å². The molecule has 0 radical (unpaired) electrons. The van der Waals surface area contributed by atoms with Crippen molar-refractivity contribution in [3.05, 3.63) is 22.3 Å². The van der Waals surface area contributed by atoms with Crippen LogP contribution in [0.4, 0.5) is 0 Å². The van der Waals surface area contributed by atoms with Gasteiger partial charge in [-0.15, -0.1) is 0 Å². The van der Waals surface area contributed by atoms with Crippen molar-refractivity contribution in [2.45, 2.75) is 58.7 Å². The highest BCUT2D eigenvalue weighted by Gasteiger charge is 2.41. The molecule has 0 aromatic rings. The highest BCUT2D eigenvalue weighted by molar-refractivity contribution is 5.94. The highest BCUT2D eigenvalue weighted by atomic mass is 16.6. The van der Waals surface area contributed by atoms with Crippen LogP contribution in [0, 0.1) is 11.8 Å². The summed E-state index contributed by atoms with van der Waals surface area (Å²) in [5.41, 5.74) is 3.19. The smallest absolute Gasteiger partial charge is 0.337 e. The van der Waals surface area contributed by atoms with Gasteiger partial charge in [-0.2, -0.15) is 0 Å². The predicted octanol–water partition coefficient (Wildman–Crippen LogP) is 2.64. The van der Waals surface area contributed by atoms with Crippen LogP contribution in [0.25, 0.3) is 0 Å². The standard InChI is InChI=1S/C18H24O5/c1-3-5-12-10(4-2)8-14-11(9-22-16(14)19)6-7-13-15(12)18(21)23-17(13)20/h10,12,17,20H,3-9H2,1-2H3/t10-,12-,17?/m1/s1. The number of hydrogen-bond donors (Lipinski definition) is 1. The molecule has 1 N–H and O–H groups in total. The van der Waals surface area contributed by atoms with Crippen molar-refractivity contribution < 1.29 is 24.2 Å². The van der Waals surface area contributed by atoms with Gasteiger partial charge in [-0.05, 0) is 43.1 Å². The second-order valence-corrected chi connectivity index (χ2v) is 6.62. The van der Waals surface area contributed by atoms with Crippen LogP contribution in [0.3, 0.4) is 0 Å². The van der Waals surface area contributed by atoms with Gasteiger partial charge in [0.05, 0.1) is 0 Å². The fourth-order valence-electron chi connectivity index (χ4n) is 4.12. The van der Waals surface area contributed by atoms with Gasteiger partial charge in [0.25, 0.3) is 0 Å². The third-order valence-electron chi connectivity index (χ3n) is 5.36. The first-order valence-electron chi connectivity index (χ1n) is 8.56. The lowest BCUT2D eigenvalue weighted by Crippen LogP contribution is -2.22. The summed E-state index contributed by atoms with van der Waals surface area (Å²) in [4.78, 5) is 24.4. The molecule has 5 nitrogen and oxygen atoms in total. The van der Waals surface area contributed by atoms with E-state index in [4.69, 9.17) is 9.47 Å². The Hall–Kier alpha value is -1.62. The zero-order valence-corrected chi connectivity index (χ0v) is 13.8. The van der Waals surface area contributed by atoms with E-state index in [9.17, 15) is 14.7 Å². The minimum absolute atomic E-state index is 0.0323. The van der Waals surface area contributed by atoms with Gasteiger partial charge in [0.1, 0.15) is 6.61 Å². The Morgan fingerprint density at radius 3 is 2.65 bits per heavy atom. The third-order valence-corrected chi connectivity index (χ3v) is 5.36. The number of aliphatic hydroxyl groups excluding tert-OH is 1. The maximum atomic E-state index is 12.3. The molecule has 5 heteroatoms. The predicted molar refractivity (Wildman–Crippen MR) is 83.1 cm³/mol. The van der Waals surface area contributed by atoms with E-state index in [-0.39, 0.29) is 23.8 Å². The maximum absolute atomic E-state index is 12.3. The molecule has 126 valence electrons. The van der Waals surface area contributed by atoms with Gasteiger partial charge in [0.2, 0.25) is 6.29 Å². The summed E-state index contributed by atoms with van der Waals surface area (Å²) in [6.07, 6.45) is 3.38. The van der Waals surface area contributed by atoms with Gasteiger partial charge in [-0.1, -0.05) is 26.7 Å². The van der Waals surface area contributed by atoms with Gasteiger partial charge in [0, 0.05) is 16.7 Å². The normalized spacial score (nSPS) is 31.2. The highest BCUT2D eigenvalue weighted by Crippen LogP contribution is 2.43. The van der Waals surface area contributed by atoms with Crippen LogP contribution in [-0.2, 0) is 19.1 Å². The topological polar surface area (TPSA) is 72.8 Å². The number of carbonyl (C=O) groups is 2. The molecule has 0 amide bonds. The number of hydrogen-bond acceptors (Lipinski definition) is 5. The average Bonchev–Trinajstić information content (AvgIpc) is 3.01. The monoisotopic (exact) mass is 320 g/mol. The van der Waals surface area contributed by atoms with Crippen molar-refractivity contribution in [3.63, 3.8) is 0 Å². The summed E-state index contributed by atoms with van der Waals surface area (Å²) in [5.74, 6) is -0.371. The molecule has 1 aliphatic carbocycles. The molecule has 3 rings (SSSR count). The van der Waals surface area contributed by atoms with Crippen LogP contribution in [0.1, 0.15) is 52.4 Å². The Labute approximate surface area is 136 Å². The zero-order valence-electron chi connectivity index (χ0n) is 13.8. The molecule has 1 unspecified atom stereocenters.